The van der Waals surface area contributed by atoms with Crippen molar-refractivity contribution in [1.82, 2.24) is 19.7 Å². The van der Waals surface area contributed by atoms with Crippen molar-refractivity contribution in [3.8, 4) is 11.4 Å². The van der Waals surface area contributed by atoms with Crippen LogP contribution >= 0.6 is 11.8 Å². The predicted octanol–water partition coefficient (Wildman–Crippen LogP) is 4.12. The minimum atomic E-state index is -0.0674. The fourth-order valence-corrected chi connectivity index (χ4v) is 3.36. The molecule has 0 aliphatic rings. The van der Waals surface area contributed by atoms with E-state index in [1.165, 1.54) is 17.3 Å². The van der Waals surface area contributed by atoms with Crippen molar-refractivity contribution < 1.29 is 4.79 Å². The molecule has 0 bridgehead atoms. The van der Waals surface area contributed by atoms with Gasteiger partial charge in [0, 0.05) is 30.7 Å². The molecule has 1 amide bonds. The zero-order chi connectivity index (χ0) is 19.2. The van der Waals surface area contributed by atoms with Crippen molar-refractivity contribution in [3.63, 3.8) is 0 Å². The van der Waals surface area contributed by atoms with E-state index in [-0.39, 0.29) is 11.7 Å². The van der Waals surface area contributed by atoms with Gasteiger partial charge in [0.1, 0.15) is 0 Å². The molecule has 0 aliphatic heterocycles. The van der Waals surface area contributed by atoms with Crippen molar-refractivity contribution >= 4 is 23.4 Å². The van der Waals surface area contributed by atoms with Crippen LogP contribution < -0.4 is 5.32 Å². The Labute approximate surface area is 163 Å². The first kappa shape index (κ1) is 19.1. The minimum absolute atomic E-state index is 0.0674. The quantitative estimate of drug-likeness (QED) is 0.623. The maximum absolute atomic E-state index is 12.2. The molecular weight excluding hydrogens is 358 g/mol. The molecule has 0 spiro atoms. The second-order valence-electron chi connectivity index (χ2n) is 6.38. The van der Waals surface area contributed by atoms with E-state index in [0.717, 1.165) is 23.5 Å². The van der Waals surface area contributed by atoms with E-state index < -0.39 is 0 Å². The van der Waals surface area contributed by atoms with Crippen LogP contribution in [-0.4, -0.2) is 31.4 Å². The zero-order valence-electron chi connectivity index (χ0n) is 15.7. The van der Waals surface area contributed by atoms with Crippen molar-refractivity contribution in [2.75, 3.05) is 11.1 Å². The third-order valence-corrected chi connectivity index (χ3v) is 5.48. The van der Waals surface area contributed by atoms with Gasteiger partial charge >= 0.3 is 0 Å². The molecular formula is C20H23N5OS. The molecule has 6 nitrogen and oxygen atoms in total. The number of aromatic nitrogens is 4. The highest BCUT2D eigenvalue weighted by Crippen LogP contribution is 2.23. The molecule has 0 saturated heterocycles. The smallest absolute Gasteiger partial charge is 0.234 e. The fourth-order valence-electron chi connectivity index (χ4n) is 2.64. The van der Waals surface area contributed by atoms with Crippen molar-refractivity contribution in [1.29, 1.82) is 0 Å². The average molecular weight is 382 g/mol. The van der Waals surface area contributed by atoms with Gasteiger partial charge < -0.3 is 9.88 Å². The summed E-state index contributed by atoms with van der Waals surface area (Å²) in [6.07, 6.45) is 4.56. The topological polar surface area (TPSA) is 72.7 Å². The summed E-state index contributed by atoms with van der Waals surface area (Å²) in [5.41, 5.74) is 2.98. The van der Waals surface area contributed by atoms with Gasteiger partial charge in [-0.3, -0.25) is 9.78 Å². The molecule has 1 N–H and O–H groups in total. The molecule has 2 aromatic heterocycles. The van der Waals surface area contributed by atoms with Gasteiger partial charge in [-0.25, -0.2) is 0 Å². The Hall–Kier alpha value is -2.67. The lowest BCUT2D eigenvalue weighted by Crippen LogP contribution is -2.14. The van der Waals surface area contributed by atoms with Crippen LogP contribution in [0.5, 0.6) is 0 Å². The molecule has 27 heavy (non-hydrogen) atoms. The second kappa shape index (κ2) is 8.81. The molecule has 0 aliphatic carbocycles. The number of carbonyl (C=O) groups is 1. The first-order valence-electron chi connectivity index (χ1n) is 8.91. The van der Waals surface area contributed by atoms with Gasteiger partial charge in [0.05, 0.1) is 5.75 Å². The van der Waals surface area contributed by atoms with Gasteiger partial charge in [-0.1, -0.05) is 37.7 Å². The molecule has 7 heteroatoms. The van der Waals surface area contributed by atoms with Gasteiger partial charge in [-0.05, 0) is 42.2 Å². The largest absolute Gasteiger partial charge is 0.325 e. The normalized spacial score (nSPS) is 12.0. The van der Waals surface area contributed by atoms with Crippen LogP contribution in [0, 0.1) is 0 Å². The number of hydrogen-bond acceptors (Lipinski definition) is 5. The highest BCUT2D eigenvalue weighted by Gasteiger charge is 2.13. The number of pyridine rings is 1. The number of hydrogen-bond donors (Lipinski definition) is 1. The fraction of sp³-hybridized carbons (Fsp3) is 0.300. The van der Waals surface area contributed by atoms with Crippen LogP contribution in [0.15, 0.2) is 53.9 Å². The van der Waals surface area contributed by atoms with Crippen molar-refractivity contribution in [2.45, 2.75) is 31.3 Å². The number of anilines is 1. The molecule has 3 rings (SSSR count). The lowest BCUT2D eigenvalue weighted by Gasteiger charge is -2.10. The summed E-state index contributed by atoms with van der Waals surface area (Å²) in [5.74, 6) is 1.45. The predicted molar refractivity (Wildman–Crippen MR) is 109 cm³/mol. The Balaban J connectivity index is 1.57. The minimum Gasteiger partial charge on any atom is -0.325 e. The van der Waals surface area contributed by atoms with Crippen LogP contribution in [0.2, 0.25) is 0 Å². The molecule has 1 atom stereocenters. The number of nitrogens with one attached hydrogen (secondary N) is 1. The summed E-state index contributed by atoms with van der Waals surface area (Å²) in [6.45, 7) is 4.37. The SMILES string of the molecule is CC[C@@H](C)c1ccc(NC(=O)CSc2nnc(-c3cccnc3)n2C)cc1. The Morgan fingerprint density at radius 3 is 2.67 bits per heavy atom. The van der Waals surface area contributed by atoms with E-state index in [1.54, 1.807) is 12.4 Å². The second-order valence-corrected chi connectivity index (χ2v) is 7.32. The van der Waals surface area contributed by atoms with E-state index in [4.69, 9.17) is 0 Å². The van der Waals surface area contributed by atoms with Gasteiger partial charge in [0.15, 0.2) is 11.0 Å². The number of rotatable bonds is 7. The van der Waals surface area contributed by atoms with Crippen LogP contribution in [0.1, 0.15) is 31.7 Å². The maximum Gasteiger partial charge on any atom is 0.234 e. The number of thioether (sulfide) groups is 1. The first-order chi connectivity index (χ1) is 13.1. The van der Waals surface area contributed by atoms with Gasteiger partial charge in [0.2, 0.25) is 5.91 Å². The highest BCUT2D eigenvalue weighted by atomic mass is 32.2. The Morgan fingerprint density at radius 1 is 1.22 bits per heavy atom. The highest BCUT2D eigenvalue weighted by molar-refractivity contribution is 7.99. The summed E-state index contributed by atoms with van der Waals surface area (Å²) in [5, 5.41) is 12.0. The Kier molecular flexibility index (Phi) is 6.24. The number of carbonyl (C=O) groups excluding carboxylic acids is 1. The Bertz CT molecular complexity index is 892. The zero-order valence-corrected chi connectivity index (χ0v) is 16.5. The summed E-state index contributed by atoms with van der Waals surface area (Å²) >= 11 is 1.36. The van der Waals surface area contributed by atoms with E-state index in [1.807, 2.05) is 35.9 Å². The number of benzene rings is 1. The maximum atomic E-state index is 12.2. The third-order valence-electron chi connectivity index (χ3n) is 4.46. The molecule has 0 fully saturated rings. The van der Waals surface area contributed by atoms with Crippen LogP contribution in [0.3, 0.4) is 0 Å². The molecule has 0 saturated carbocycles. The lowest BCUT2D eigenvalue weighted by molar-refractivity contribution is -0.113. The van der Waals surface area contributed by atoms with Gasteiger partial charge in [-0.2, -0.15) is 0 Å². The molecule has 2 heterocycles. The van der Waals surface area contributed by atoms with Crippen molar-refractivity contribution in [3.05, 3.63) is 54.4 Å². The van der Waals surface area contributed by atoms with Crippen LogP contribution in [0.25, 0.3) is 11.4 Å². The average Bonchev–Trinajstić information content (AvgIpc) is 3.07. The molecule has 0 radical (unpaired) electrons. The summed E-state index contributed by atoms with van der Waals surface area (Å²) in [4.78, 5) is 16.4. The molecule has 0 unspecified atom stereocenters. The third kappa shape index (κ3) is 4.74. The van der Waals surface area contributed by atoms with E-state index in [9.17, 15) is 4.79 Å². The van der Waals surface area contributed by atoms with Crippen molar-refractivity contribution in [2.24, 2.45) is 7.05 Å². The molecule has 140 valence electrons. The summed E-state index contributed by atoms with van der Waals surface area (Å²) < 4.78 is 1.87. The lowest BCUT2D eigenvalue weighted by atomic mass is 9.99. The standard InChI is InChI=1S/C20H23N5OS/c1-4-14(2)15-7-9-17(10-8-15)22-18(26)13-27-20-24-23-19(25(20)3)16-6-5-11-21-12-16/h5-12,14H,4,13H2,1-3H3,(H,22,26)/t14-/m1/s1. The number of amides is 1. The molecule has 1 aromatic carbocycles. The van der Waals surface area contributed by atoms with E-state index in [0.29, 0.717) is 11.1 Å². The summed E-state index contributed by atoms with van der Waals surface area (Å²) in [7, 11) is 1.89. The van der Waals surface area contributed by atoms with E-state index >= 15 is 0 Å². The molecule has 3 aromatic rings. The van der Waals surface area contributed by atoms with Gasteiger partial charge in [0.25, 0.3) is 0 Å². The number of nitrogens with zero attached hydrogens (tertiary/aromatic N) is 4. The van der Waals surface area contributed by atoms with Crippen LogP contribution in [0.4, 0.5) is 5.69 Å². The Morgan fingerprint density at radius 2 is 2.00 bits per heavy atom. The van der Waals surface area contributed by atoms with E-state index in [2.05, 4.69) is 46.5 Å². The first-order valence-corrected chi connectivity index (χ1v) is 9.89. The van der Waals surface area contributed by atoms with Gasteiger partial charge in [-0.15, -0.1) is 10.2 Å². The monoisotopic (exact) mass is 381 g/mol. The summed E-state index contributed by atoms with van der Waals surface area (Å²) in [6, 6.07) is 11.8. The van der Waals surface area contributed by atoms with Crippen LogP contribution in [-0.2, 0) is 11.8 Å².